The lowest BCUT2D eigenvalue weighted by molar-refractivity contribution is -0.141. The van der Waals surface area contributed by atoms with E-state index in [1.165, 1.54) is 4.90 Å². The van der Waals surface area contributed by atoms with E-state index >= 15 is 0 Å². The maximum absolute atomic E-state index is 13.2. The van der Waals surface area contributed by atoms with Gasteiger partial charge in [-0.2, -0.15) is 0 Å². The van der Waals surface area contributed by atoms with Crippen molar-refractivity contribution in [2.24, 2.45) is 5.73 Å². The predicted molar refractivity (Wildman–Crippen MR) is 138 cm³/mol. The molecule has 1 aliphatic rings. The lowest BCUT2D eigenvalue weighted by atomic mass is 10.0. The fraction of sp³-hybridized carbons (Fsp3) is 0.522. The molecule has 2 heterocycles. The molecular formula is C23H35ClN6O4S. The quantitative estimate of drug-likeness (QED) is 0.252. The number of amides is 2. The number of β-amino-alcohol motifs (C(OH)–C–C–N with tert-alkyl or cyclic N) is 1. The first-order chi connectivity index (χ1) is 16.1. The Morgan fingerprint density at radius 2 is 1.91 bits per heavy atom. The fourth-order valence-electron chi connectivity index (χ4n) is 4.12. The van der Waals surface area contributed by atoms with Gasteiger partial charge in [-0.1, -0.05) is 24.3 Å². The number of nitrogens with one attached hydrogen (secondary N) is 3. The van der Waals surface area contributed by atoms with Crippen molar-refractivity contribution in [1.82, 2.24) is 25.8 Å². The van der Waals surface area contributed by atoms with Gasteiger partial charge in [-0.3, -0.25) is 9.59 Å². The highest BCUT2D eigenvalue weighted by Crippen LogP contribution is 2.28. The molecule has 12 heteroatoms. The highest BCUT2D eigenvalue weighted by Gasteiger charge is 2.44. The van der Waals surface area contributed by atoms with E-state index in [9.17, 15) is 19.8 Å². The summed E-state index contributed by atoms with van der Waals surface area (Å²) in [7, 11) is 3.36. The molecule has 10 nitrogen and oxygen atoms in total. The normalized spacial score (nSPS) is 19.7. The van der Waals surface area contributed by atoms with Crippen LogP contribution in [0.4, 0.5) is 0 Å². The monoisotopic (exact) mass is 526 g/mol. The van der Waals surface area contributed by atoms with E-state index in [1.807, 2.05) is 31.2 Å². The molecule has 1 aliphatic heterocycles. The molecule has 194 valence electrons. The molecule has 1 saturated heterocycles. The standard InChI is InChI=1S/C23H34N6O4S.ClH/c1-13-19(34-12-27-13)15-7-5-14(6-8-15)17(11-30)28-21(32)18-9-16(31)10-29(18)22(33)20(24)23(2,25-3)26-4;/h5-8,12,16-18,20,25-26,30-31H,9-11,24H2,1-4H3,(H,28,32);1H/t16-,17+,18+,20-;/m1./s1. The zero-order valence-corrected chi connectivity index (χ0v) is 21.9. The number of rotatable bonds is 9. The summed E-state index contributed by atoms with van der Waals surface area (Å²) in [4.78, 5) is 33.0. The van der Waals surface area contributed by atoms with E-state index in [0.29, 0.717) is 0 Å². The topological polar surface area (TPSA) is 153 Å². The van der Waals surface area contributed by atoms with Gasteiger partial charge in [-0.15, -0.1) is 23.7 Å². The summed E-state index contributed by atoms with van der Waals surface area (Å²) in [5, 5.41) is 29.0. The van der Waals surface area contributed by atoms with Gasteiger partial charge >= 0.3 is 0 Å². The molecule has 1 aromatic heterocycles. The second-order valence-corrected chi connectivity index (χ2v) is 9.56. The van der Waals surface area contributed by atoms with Gasteiger partial charge in [0.05, 0.1) is 40.5 Å². The summed E-state index contributed by atoms with van der Waals surface area (Å²) >= 11 is 1.55. The number of carbonyl (C=O) groups excluding carboxylic acids is 2. The molecule has 0 aliphatic carbocycles. The van der Waals surface area contributed by atoms with E-state index in [2.05, 4.69) is 20.9 Å². The van der Waals surface area contributed by atoms with Gasteiger partial charge in [0.2, 0.25) is 11.8 Å². The van der Waals surface area contributed by atoms with Crippen LogP contribution in [0, 0.1) is 6.92 Å². The molecule has 0 bridgehead atoms. The minimum absolute atomic E-state index is 0. The number of likely N-dealkylation sites (N-methyl/N-ethyl adjacent to an activating group) is 2. The Kier molecular flexibility index (Phi) is 10.2. The number of hydrogen-bond donors (Lipinski definition) is 6. The van der Waals surface area contributed by atoms with E-state index < -0.39 is 41.7 Å². The predicted octanol–water partition coefficient (Wildman–Crippen LogP) is 0.134. The van der Waals surface area contributed by atoms with E-state index in [0.717, 1.165) is 21.7 Å². The summed E-state index contributed by atoms with van der Waals surface area (Å²) in [6.07, 6.45) is -0.737. The molecule has 4 atom stereocenters. The summed E-state index contributed by atoms with van der Waals surface area (Å²) in [6.45, 7) is 3.39. The number of nitrogens with two attached hydrogens (primary N) is 1. The molecule has 0 radical (unpaired) electrons. The number of thiazole rings is 1. The van der Waals surface area contributed by atoms with Crippen molar-refractivity contribution in [3.05, 3.63) is 41.0 Å². The third-order valence-electron chi connectivity index (χ3n) is 6.61. The van der Waals surface area contributed by atoms with Crippen LogP contribution in [0.1, 0.15) is 30.6 Å². The summed E-state index contributed by atoms with van der Waals surface area (Å²) in [5.74, 6) is -0.901. The van der Waals surface area contributed by atoms with Gasteiger partial charge in [0.15, 0.2) is 0 Å². The number of nitrogens with zero attached hydrogens (tertiary/aromatic N) is 2. The van der Waals surface area contributed by atoms with E-state index in [4.69, 9.17) is 5.73 Å². The molecule has 7 N–H and O–H groups in total. The SMILES string of the molecule is CNC(C)(NC)[C@H](N)C(=O)N1C[C@H](O)C[C@H]1C(=O)N[C@@H](CO)c1ccc(-c2scnc2C)cc1.Cl. The summed E-state index contributed by atoms with van der Waals surface area (Å²) in [5.41, 5.74) is 9.80. The minimum Gasteiger partial charge on any atom is -0.394 e. The van der Waals surface area contributed by atoms with Gasteiger partial charge in [-0.25, -0.2) is 4.98 Å². The van der Waals surface area contributed by atoms with Crippen molar-refractivity contribution < 1.29 is 19.8 Å². The molecule has 2 aromatic rings. The number of aryl methyl sites for hydroxylation is 1. The lowest BCUT2D eigenvalue weighted by Crippen LogP contribution is -2.68. The number of likely N-dealkylation sites (tertiary alicyclic amines) is 1. The molecule has 2 amide bonds. The van der Waals surface area contributed by atoms with Crippen molar-refractivity contribution >= 4 is 35.6 Å². The average Bonchev–Trinajstić information content (AvgIpc) is 3.46. The van der Waals surface area contributed by atoms with Crippen LogP contribution in [0.3, 0.4) is 0 Å². The number of hydrogen-bond acceptors (Lipinski definition) is 9. The Morgan fingerprint density at radius 1 is 1.29 bits per heavy atom. The second-order valence-electron chi connectivity index (χ2n) is 8.71. The number of aliphatic hydroxyl groups is 2. The van der Waals surface area contributed by atoms with Crippen molar-refractivity contribution in [2.75, 3.05) is 27.2 Å². The fourth-order valence-corrected chi connectivity index (χ4v) is 4.93. The number of carbonyl (C=O) groups is 2. The highest BCUT2D eigenvalue weighted by molar-refractivity contribution is 7.13. The minimum atomic E-state index is -0.987. The maximum atomic E-state index is 13.2. The average molecular weight is 527 g/mol. The number of halogens is 1. The molecule has 3 rings (SSSR count). The highest BCUT2D eigenvalue weighted by atomic mass is 35.5. The van der Waals surface area contributed by atoms with Gasteiger partial charge in [0, 0.05) is 13.0 Å². The Bertz CT molecular complexity index is 1000. The third kappa shape index (κ3) is 6.18. The zero-order chi connectivity index (χ0) is 25.0. The van der Waals surface area contributed by atoms with Gasteiger partial charge in [-0.05, 0) is 39.1 Å². The van der Waals surface area contributed by atoms with Crippen LogP contribution in [0.2, 0.25) is 0 Å². The Labute approximate surface area is 215 Å². The second kappa shape index (κ2) is 12.2. The smallest absolute Gasteiger partial charge is 0.243 e. The molecular weight excluding hydrogens is 492 g/mol. The lowest BCUT2D eigenvalue weighted by Gasteiger charge is -2.37. The summed E-state index contributed by atoms with van der Waals surface area (Å²) < 4.78 is 0. The first-order valence-corrected chi connectivity index (χ1v) is 12.1. The van der Waals surface area contributed by atoms with Gasteiger partial charge in [0.25, 0.3) is 0 Å². The molecule has 0 spiro atoms. The number of benzene rings is 1. The Hall–Kier alpha value is -2.12. The van der Waals surface area contributed by atoms with Gasteiger partial charge in [0.1, 0.15) is 12.1 Å². The van der Waals surface area contributed by atoms with E-state index in [1.54, 1.807) is 37.9 Å². The molecule has 0 unspecified atom stereocenters. The number of aliphatic hydroxyl groups excluding tert-OH is 2. The van der Waals surface area contributed by atoms with Crippen molar-refractivity contribution in [3.8, 4) is 10.4 Å². The Balaban J connectivity index is 0.00000432. The molecule has 1 aromatic carbocycles. The van der Waals surface area contributed by atoms with Crippen molar-refractivity contribution in [1.29, 1.82) is 0 Å². The Morgan fingerprint density at radius 3 is 2.43 bits per heavy atom. The molecule has 0 saturated carbocycles. The van der Waals surface area contributed by atoms with Crippen molar-refractivity contribution in [2.45, 2.75) is 50.2 Å². The van der Waals surface area contributed by atoms with Crippen molar-refractivity contribution in [3.63, 3.8) is 0 Å². The first-order valence-electron chi connectivity index (χ1n) is 11.2. The van der Waals surface area contributed by atoms with Crippen LogP contribution in [0.5, 0.6) is 0 Å². The van der Waals surface area contributed by atoms with Crippen LogP contribution >= 0.6 is 23.7 Å². The molecule has 35 heavy (non-hydrogen) atoms. The number of aromatic nitrogens is 1. The first kappa shape index (κ1) is 29.1. The third-order valence-corrected chi connectivity index (χ3v) is 7.59. The maximum Gasteiger partial charge on any atom is 0.243 e. The van der Waals surface area contributed by atoms with Crippen LogP contribution in [0.25, 0.3) is 10.4 Å². The van der Waals surface area contributed by atoms with Crippen LogP contribution < -0.4 is 21.7 Å². The largest absolute Gasteiger partial charge is 0.394 e. The van der Waals surface area contributed by atoms with Crippen LogP contribution in [-0.4, -0.2) is 83.0 Å². The summed E-state index contributed by atoms with van der Waals surface area (Å²) in [6, 6.07) is 5.02. The molecule has 1 fully saturated rings. The van der Waals surface area contributed by atoms with E-state index in [-0.39, 0.29) is 32.0 Å². The van der Waals surface area contributed by atoms with Gasteiger partial charge < -0.3 is 36.8 Å². The van der Waals surface area contributed by atoms with Crippen LogP contribution in [-0.2, 0) is 9.59 Å². The zero-order valence-electron chi connectivity index (χ0n) is 20.3. The van der Waals surface area contributed by atoms with Crippen LogP contribution in [0.15, 0.2) is 29.8 Å².